The molecule has 2 aromatic rings. The lowest BCUT2D eigenvalue weighted by atomic mass is 10.1. The number of rotatable bonds is 8. The quantitative estimate of drug-likeness (QED) is 0.653. The number of sulfone groups is 1. The maximum absolute atomic E-state index is 12.4. The molecule has 1 aliphatic heterocycles. The van der Waals surface area contributed by atoms with Gasteiger partial charge in [0.25, 0.3) is 0 Å². The van der Waals surface area contributed by atoms with Crippen LogP contribution in [0.15, 0.2) is 35.7 Å². The maximum atomic E-state index is 12.4. The van der Waals surface area contributed by atoms with E-state index in [2.05, 4.69) is 15.3 Å². The third kappa shape index (κ3) is 6.39. The predicted molar refractivity (Wildman–Crippen MR) is 112 cm³/mol. The van der Waals surface area contributed by atoms with Crippen LogP contribution >= 0.6 is 11.3 Å². The fourth-order valence-corrected chi connectivity index (χ4v) is 5.25. The standard InChI is InChI=1S/C20H27N3O3S2/c1-17-21-19(15-27-17)14-22-9-11-23(12-10-22)20(24)16-28(25,26)13-5-8-18-6-3-2-4-7-18/h2-4,6-7,15H,5,8-14,16H2,1H3. The lowest BCUT2D eigenvalue weighted by Crippen LogP contribution is -2.49. The SMILES string of the molecule is Cc1nc(CN2CCN(C(=O)CS(=O)(=O)CCCc3ccccc3)CC2)cs1. The van der Waals surface area contributed by atoms with Crippen molar-refractivity contribution in [1.82, 2.24) is 14.8 Å². The van der Waals surface area contributed by atoms with Gasteiger partial charge in [0.2, 0.25) is 5.91 Å². The summed E-state index contributed by atoms with van der Waals surface area (Å²) in [6, 6.07) is 9.82. The zero-order valence-electron chi connectivity index (χ0n) is 16.2. The normalized spacial score (nSPS) is 15.7. The molecule has 152 valence electrons. The molecule has 1 aromatic carbocycles. The zero-order valence-corrected chi connectivity index (χ0v) is 17.8. The molecule has 1 aliphatic rings. The number of amides is 1. The first kappa shape index (κ1) is 21.0. The van der Waals surface area contributed by atoms with E-state index in [1.54, 1.807) is 16.2 Å². The molecule has 0 N–H and O–H groups in total. The number of hydrogen-bond acceptors (Lipinski definition) is 6. The van der Waals surface area contributed by atoms with Gasteiger partial charge in [-0.3, -0.25) is 9.69 Å². The first-order valence-electron chi connectivity index (χ1n) is 9.57. The monoisotopic (exact) mass is 421 g/mol. The fraction of sp³-hybridized carbons (Fsp3) is 0.500. The number of thiazole rings is 1. The summed E-state index contributed by atoms with van der Waals surface area (Å²) in [6.07, 6.45) is 1.25. The smallest absolute Gasteiger partial charge is 0.237 e. The number of piperazine rings is 1. The van der Waals surface area contributed by atoms with Gasteiger partial charge in [-0.1, -0.05) is 30.3 Å². The van der Waals surface area contributed by atoms with Crippen LogP contribution in [0.5, 0.6) is 0 Å². The molecule has 0 aliphatic carbocycles. The Morgan fingerprint density at radius 2 is 1.86 bits per heavy atom. The summed E-state index contributed by atoms with van der Waals surface area (Å²) in [5, 5.41) is 3.12. The van der Waals surface area contributed by atoms with Crippen molar-refractivity contribution in [2.45, 2.75) is 26.3 Å². The van der Waals surface area contributed by atoms with E-state index in [-0.39, 0.29) is 17.4 Å². The Morgan fingerprint density at radius 3 is 2.50 bits per heavy atom. The average Bonchev–Trinajstić information content (AvgIpc) is 3.07. The van der Waals surface area contributed by atoms with Gasteiger partial charge in [-0.15, -0.1) is 11.3 Å². The summed E-state index contributed by atoms with van der Waals surface area (Å²) in [5.41, 5.74) is 2.18. The Labute approximate surface area is 171 Å². The topological polar surface area (TPSA) is 70.6 Å². The minimum atomic E-state index is -3.37. The summed E-state index contributed by atoms with van der Waals surface area (Å²) in [7, 11) is -3.37. The van der Waals surface area contributed by atoms with E-state index in [1.165, 1.54) is 0 Å². The van der Waals surface area contributed by atoms with Crippen molar-refractivity contribution in [3.05, 3.63) is 52.0 Å². The highest BCUT2D eigenvalue weighted by molar-refractivity contribution is 7.92. The molecule has 2 heterocycles. The van der Waals surface area contributed by atoms with E-state index >= 15 is 0 Å². The van der Waals surface area contributed by atoms with Crippen LogP contribution in [0.4, 0.5) is 0 Å². The minimum absolute atomic E-state index is 0.0524. The molecule has 0 unspecified atom stereocenters. The number of aryl methyl sites for hydroxylation is 2. The highest BCUT2D eigenvalue weighted by atomic mass is 32.2. The van der Waals surface area contributed by atoms with Gasteiger partial charge in [-0.05, 0) is 25.3 Å². The molecule has 1 fully saturated rings. The van der Waals surface area contributed by atoms with Crippen molar-refractivity contribution in [3.8, 4) is 0 Å². The summed E-state index contributed by atoms with van der Waals surface area (Å²) in [6.45, 7) is 5.41. The van der Waals surface area contributed by atoms with E-state index in [9.17, 15) is 13.2 Å². The molecular formula is C20H27N3O3S2. The summed E-state index contributed by atoms with van der Waals surface area (Å²) < 4.78 is 24.6. The number of nitrogens with zero attached hydrogens (tertiary/aromatic N) is 3. The van der Waals surface area contributed by atoms with Gasteiger partial charge in [0.15, 0.2) is 9.84 Å². The van der Waals surface area contributed by atoms with Crippen LogP contribution in [0.2, 0.25) is 0 Å². The van der Waals surface area contributed by atoms with Crippen LogP contribution in [0.3, 0.4) is 0 Å². The third-order valence-corrected chi connectivity index (χ3v) is 7.30. The van der Waals surface area contributed by atoms with E-state index in [4.69, 9.17) is 0 Å². The Morgan fingerprint density at radius 1 is 1.14 bits per heavy atom. The molecule has 1 aromatic heterocycles. The second kappa shape index (κ2) is 9.62. The van der Waals surface area contributed by atoms with E-state index < -0.39 is 9.84 Å². The molecule has 0 spiro atoms. The second-order valence-electron chi connectivity index (χ2n) is 7.20. The first-order valence-corrected chi connectivity index (χ1v) is 12.3. The molecular weight excluding hydrogens is 394 g/mol. The molecule has 0 saturated carbocycles. The van der Waals surface area contributed by atoms with Crippen molar-refractivity contribution in [3.63, 3.8) is 0 Å². The Hall–Kier alpha value is -1.77. The molecule has 3 rings (SSSR count). The lowest BCUT2D eigenvalue weighted by Gasteiger charge is -2.34. The van der Waals surface area contributed by atoms with Crippen LogP contribution in [0.25, 0.3) is 0 Å². The van der Waals surface area contributed by atoms with Crippen LogP contribution in [0, 0.1) is 6.92 Å². The summed E-state index contributed by atoms with van der Waals surface area (Å²) in [5.74, 6) is -0.604. The minimum Gasteiger partial charge on any atom is -0.339 e. The van der Waals surface area contributed by atoms with Crippen LogP contribution in [0.1, 0.15) is 22.7 Å². The molecule has 8 heteroatoms. The number of carbonyl (C=O) groups excluding carboxylic acids is 1. The van der Waals surface area contributed by atoms with Gasteiger partial charge in [0.05, 0.1) is 16.5 Å². The molecule has 0 radical (unpaired) electrons. The number of hydrogen-bond donors (Lipinski definition) is 0. The molecule has 28 heavy (non-hydrogen) atoms. The van der Waals surface area contributed by atoms with Gasteiger partial charge in [-0.25, -0.2) is 13.4 Å². The molecule has 1 amide bonds. The Kier molecular flexibility index (Phi) is 7.20. The molecule has 0 atom stereocenters. The summed E-state index contributed by atoms with van der Waals surface area (Å²) >= 11 is 1.64. The average molecular weight is 422 g/mol. The van der Waals surface area contributed by atoms with Crippen molar-refractivity contribution in [2.24, 2.45) is 0 Å². The van der Waals surface area contributed by atoms with Gasteiger partial charge in [0.1, 0.15) is 5.75 Å². The van der Waals surface area contributed by atoms with Gasteiger partial charge < -0.3 is 4.90 Å². The van der Waals surface area contributed by atoms with E-state index in [0.29, 0.717) is 25.9 Å². The number of carbonyl (C=O) groups is 1. The lowest BCUT2D eigenvalue weighted by molar-refractivity contribution is -0.130. The molecule has 6 nitrogen and oxygen atoms in total. The number of benzene rings is 1. The fourth-order valence-electron chi connectivity index (χ4n) is 3.36. The van der Waals surface area contributed by atoms with Gasteiger partial charge in [-0.2, -0.15) is 0 Å². The van der Waals surface area contributed by atoms with Gasteiger partial charge >= 0.3 is 0 Å². The Bertz CT molecular complexity index is 873. The third-order valence-electron chi connectivity index (χ3n) is 4.88. The number of aromatic nitrogens is 1. The largest absolute Gasteiger partial charge is 0.339 e. The maximum Gasteiger partial charge on any atom is 0.237 e. The highest BCUT2D eigenvalue weighted by Gasteiger charge is 2.25. The molecule has 0 bridgehead atoms. The van der Waals surface area contributed by atoms with Crippen LogP contribution < -0.4 is 0 Å². The zero-order chi connectivity index (χ0) is 20.0. The van der Waals surface area contributed by atoms with Crippen molar-refractivity contribution >= 4 is 27.1 Å². The van der Waals surface area contributed by atoms with Crippen molar-refractivity contribution in [2.75, 3.05) is 37.7 Å². The second-order valence-corrected chi connectivity index (χ2v) is 10.4. The van der Waals surface area contributed by atoms with Gasteiger partial charge in [0, 0.05) is 38.1 Å². The van der Waals surface area contributed by atoms with Crippen LogP contribution in [-0.4, -0.2) is 66.8 Å². The van der Waals surface area contributed by atoms with Crippen LogP contribution in [-0.2, 0) is 27.6 Å². The summed E-state index contributed by atoms with van der Waals surface area (Å²) in [4.78, 5) is 20.8. The predicted octanol–water partition coefficient (Wildman–Crippen LogP) is 2.14. The highest BCUT2D eigenvalue weighted by Crippen LogP contribution is 2.13. The molecule has 1 saturated heterocycles. The van der Waals surface area contributed by atoms with Crippen molar-refractivity contribution in [1.29, 1.82) is 0 Å². The first-order chi connectivity index (χ1) is 13.4. The van der Waals surface area contributed by atoms with E-state index in [0.717, 1.165) is 35.9 Å². The van der Waals surface area contributed by atoms with Crippen molar-refractivity contribution < 1.29 is 13.2 Å². The Balaban J connectivity index is 1.40. The van der Waals surface area contributed by atoms with E-state index in [1.807, 2.05) is 37.3 Å².